The summed E-state index contributed by atoms with van der Waals surface area (Å²) in [6, 6.07) is 5.40. The van der Waals surface area contributed by atoms with Crippen molar-refractivity contribution in [1.82, 2.24) is 0 Å². The number of hydrogen-bond acceptors (Lipinski definition) is 2. The fourth-order valence-electron chi connectivity index (χ4n) is 4.62. The SMILES string of the molecule is CCCCCCCCCCCCC1CCC(c2ccc(N=C=S)c(F)c2)CC1. The third-order valence-corrected chi connectivity index (χ3v) is 6.51. The van der Waals surface area contributed by atoms with Crippen LogP contribution in [0.2, 0.25) is 0 Å². The second kappa shape index (κ2) is 14.0. The Bertz CT molecular complexity index is 601. The zero-order valence-electron chi connectivity index (χ0n) is 17.7. The van der Waals surface area contributed by atoms with Gasteiger partial charge in [-0.3, -0.25) is 0 Å². The van der Waals surface area contributed by atoms with E-state index in [1.165, 1.54) is 96.3 Å². The molecule has 156 valence electrons. The molecular weight excluding hydrogens is 365 g/mol. The maximum absolute atomic E-state index is 14.1. The molecule has 1 aromatic rings. The van der Waals surface area contributed by atoms with Crippen LogP contribution in [0.1, 0.15) is 115 Å². The van der Waals surface area contributed by atoms with Gasteiger partial charge in [-0.15, -0.1) is 0 Å². The van der Waals surface area contributed by atoms with Crippen molar-refractivity contribution in [2.75, 3.05) is 0 Å². The van der Waals surface area contributed by atoms with Crippen molar-refractivity contribution in [3.05, 3.63) is 29.6 Å². The van der Waals surface area contributed by atoms with E-state index in [9.17, 15) is 4.39 Å². The van der Waals surface area contributed by atoms with Crippen LogP contribution < -0.4 is 0 Å². The first-order valence-corrected chi connectivity index (χ1v) is 12.0. The predicted molar refractivity (Wildman–Crippen MR) is 122 cm³/mol. The van der Waals surface area contributed by atoms with Gasteiger partial charge in [0, 0.05) is 0 Å². The fraction of sp³-hybridized carbons (Fsp3) is 0.720. The number of benzene rings is 1. The van der Waals surface area contributed by atoms with E-state index in [4.69, 9.17) is 0 Å². The van der Waals surface area contributed by atoms with Crippen molar-refractivity contribution in [1.29, 1.82) is 0 Å². The minimum atomic E-state index is -0.276. The molecule has 1 aliphatic rings. The van der Waals surface area contributed by atoms with E-state index in [1.807, 2.05) is 6.07 Å². The molecule has 3 heteroatoms. The van der Waals surface area contributed by atoms with Crippen LogP contribution in [0.15, 0.2) is 23.2 Å². The Morgan fingerprint density at radius 1 is 0.929 bits per heavy atom. The normalized spacial score (nSPS) is 19.4. The molecule has 0 saturated heterocycles. The number of nitrogens with zero attached hydrogens (tertiary/aromatic N) is 1. The zero-order valence-corrected chi connectivity index (χ0v) is 18.5. The number of rotatable bonds is 13. The monoisotopic (exact) mass is 403 g/mol. The first-order chi connectivity index (χ1) is 13.7. The van der Waals surface area contributed by atoms with Gasteiger partial charge in [0.05, 0.1) is 5.16 Å². The highest BCUT2D eigenvalue weighted by Crippen LogP contribution is 2.38. The van der Waals surface area contributed by atoms with Crippen molar-refractivity contribution < 1.29 is 4.39 Å². The molecule has 0 heterocycles. The van der Waals surface area contributed by atoms with Gasteiger partial charge in [-0.05, 0) is 67.4 Å². The number of isothiocyanates is 1. The summed E-state index contributed by atoms with van der Waals surface area (Å²) in [5.74, 6) is 1.11. The zero-order chi connectivity index (χ0) is 20.0. The molecule has 1 saturated carbocycles. The Morgan fingerprint density at radius 3 is 2.11 bits per heavy atom. The van der Waals surface area contributed by atoms with Gasteiger partial charge in [0.1, 0.15) is 11.5 Å². The summed E-state index contributed by atoms with van der Waals surface area (Å²) in [6.07, 6.45) is 20.5. The number of unbranched alkanes of at least 4 members (excludes halogenated alkanes) is 9. The van der Waals surface area contributed by atoms with Crippen molar-refractivity contribution in [3.63, 3.8) is 0 Å². The second-order valence-electron chi connectivity index (χ2n) is 8.60. The Kier molecular flexibility index (Phi) is 11.6. The van der Waals surface area contributed by atoms with Crippen LogP contribution in [-0.4, -0.2) is 5.16 Å². The Balaban J connectivity index is 1.55. The van der Waals surface area contributed by atoms with Crippen molar-refractivity contribution in [3.8, 4) is 0 Å². The summed E-state index contributed by atoms with van der Waals surface area (Å²) in [6.45, 7) is 2.28. The Hall–Kier alpha value is -1.05. The molecule has 1 aliphatic carbocycles. The Labute approximate surface area is 177 Å². The highest BCUT2D eigenvalue weighted by molar-refractivity contribution is 7.78. The van der Waals surface area contributed by atoms with E-state index >= 15 is 0 Å². The average Bonchev–Trinajstić information content (AvgIpc) is 2.71. The molecule has 0 bridgehead atoms. The molecule has 0 unspecified atom stereocenters. The molecule has 1 aromatic carbocycles. The topological polar surface area (TPSA) is 12.4 Å². The van der Waals surface area contributed by atoms with E-state index < -0.39 is 0 Å². The van der Waals surface area contributed by atoms with Gasteiger partial charge in [-0.2, -0.15) is 4.99 Å². The quantitative estimate of drug-likeness (QED) is 0.182. The number of halogens is 1. The minimum Gasteiger partial charge on any atom is -0.205 e. The van der Waals surface area contributed by atoms with Crippen LogP contribution >= 0.6 is 12.2 Å². The lowest BCUT2D eigenvalue weighted by atomic mass is 9.77. The summed E-state index contributed by atoms with van der Waals surface area (Å²) in [5.41, 5.74) is 1.42. The van der Waals surface area contributed by atoms with Gasteiger partial charge >= 0.3 is 0 Å². The lowest BCUT2D eigenvalue weighted by molar-refractivity contribution is 0.301. The predicted octanol–water partition coefficient (Wildman–Crippen LogP) is 9.14. The van der Waals surface area contributed by atoms with Crippen LogP contribution in [0, 0.1) is 11.7 Å². The molecule has 0 N–H and O–H groups in total. The second-order valence-corrected chi connectivity index (χ2v) is 8.78. The first-order valence-electron chi connectivity index (χ1n) is 11.6. The Morgan fingerprint density at radius 2 is 1.54 bits per heavy atom. The molecule has 0 atom stereocenters. The van der Waals surface area contributed by atoms with Gasteiger partial charge < -0.3 is 0 Å². The summed E-state index contributed by atoms with van der Waals surface area (Å²) < 4.78 is 14.1. The largest absolute Gasteiger partial charge is 0.205 e. The van der Waals surface area contributed by atoms with Crippen LogP contribution in [-0.2, 0) is 0 Å². The summed E-state index contributed by atoms with van der Waals surface area (Å²) >= 11 is 4.56. The number of thiocarbonyl (C=S) groups is 1. The lowest BCUT2D eigenvalue weighted by Gasteiger charge is -2.29. The molecule has 0 aliphatic heterocycles. The van der Waals surface area contributed by atoms with Gasteiger partial charge in [0.2, 0.25) is 0 Å². The molecule has 2 rings (SSSR count). The van der Waals surface area contributed by atoms with Crippen molar-refractivity contribution >= 4 is 23.1 Å². The van der Waals surface area contributed by atoms with Gasteiger partial charge in [-0.1, -0.05) is 83.6 Å². The maximum atomic E-state index is 14.1. The van der Waals surface area contributed by atoms with E-state index in [0.29, 0.717) is 11.6 Å². The van der Waals surface area contributed by atoms with E-state index in [2.05, 4.69) is 29.3 Å². The fourth-order valence-corrected chi connectivity index (χ4v) is 4.72. The number of hydrogen-bond donors (Lipinski definition) is 0. The summed E-state index contributed by atoms with van der Waals surface area (Å²) in [4.78, 5) is 3.77. The van der Waals surface area contributed by atoms with Crippen LogP contribution in [0.25, 0.3) is 0 Å². The van der Waals surface area contributed by atoms with E-state index in [1.54, 1.807) is 12.1 Å². The van der Waals surface area contributed by atoms with Gasteiger partial charge in [0.15, 0.2) is 0 Å². The van der Waals surface area contributed by atoms with E-state index in [0.717, 1.165) is 11.5 Å². The molecule has 0 aromatic heterocycles. The highest BCUT2D eigenvalue weighted by atomic mass is 32.1. The summed E-state index contributed by atoms with van der Waals surface area (Å²) in [5, 5.41) is 2.24. The lowest BCUT2D eigenvalue weighted by Crippen LogP contribution is -2.13. The third-order valence-electron chi connectivity index (χ3n) is 6.42. The molecule has 0 spiro atoms. The van der Waals surface area contributed by atoms with Gasteiger partial charge in [-0.25, -0.2) is 4.39 Å². The molecule has 0 radical (unpaired) electrons. The average molecular weight is 404 g/mol. The van der Waals surface area contributed by atoms with E-state index in [-0.39, 0.29) is 5.82 Å². The molecule has 1 fully saturated rings. The smallest absolute Gasteiger partial charge is 0.149 e. The summed E-state index contributed by atoms with van der Waals surface area (Å²) in [7, 11) is 0. The third kappa shape index (κ3) is 8.53. The number of aliphatic imine (C=N–C) groups is 1. The maximum Gasteiger partial charge on any atom is 0.149 e. The van der Waals surface area contributed by atoms with Crippen LogP contribution in [0.4, 0.5) is 10.1 Å². The van der Waals surface area contributed by atoms with Crippen LogP contribution in [0.5, 0.6) is 0 Å². The minimum absolute atomic E-state index is 0.276. The van der Waals surface area contributed by atoms with Crippen molar-refractivity contribution in [2.45, 2.75) is 109 Å². The first kappa shape index (κ1) is 23.2. The molecular formula is C25H38FNS. The van der Waals surface area contributed by atoms with Crippen LogP contribution in [0.3, 0.4) is 0 Å². The molecule has 28 heavy (non-hydrogen) atoms. The van der Waals surface area contributed by atoms with Crippen molar-refractivity contribution in [2.24, 2.45) is 10.9 Å². The highest BCUT2D eigenvalue weighted by Gasteiger charge is 2.22. The standard InChI is InChI=1S/C25H38FNS/c1-2-3-4-5-6-7-8-9-10-11-12-21-13-15-22(16-14-21)23-17-18-25(27-20-28)24(26)19-23/h17-19,21-22H,2-16H2,1H3. The molecule has 0 amide bonds. The van der Waals surface area contributed by atoms with Gasteiger partial charge in [0.25, 0.3) is 0 Å². The molecule has 1 nitrogen and oxygen atoms in total.